The topological polar surface area (TPSA) is 12.0 Å². The van der Waals surface area contributed by atoms with Gasteiger partial charge >= 0.3 is 0 Å². The van der Waals surface area contributed by atoms with Crippen LogP contribution in [0.3, 0.4) is 0 Å². The van der Waals surface area contributed by atoms with Crippen molar-refractivity contribution in [3.8, 4) is 0 Å². The van der Waals surface area contributed by atoms with Crippen LogP contribution in [0.1, 0.15) is 23.4 Å². The number of rotatable bonds is 5. The van der Waals surface area contributed by atoms with Crippen LogP contribution in [-0.4, -0.2) is 6.54 Å². The predicted molar refractivity (Wildman–Crippen MR) is 83.6 cm³/mol. The molecule has 1 aromatic heterocycles. The zero-order valence-electron chi connectivity index (χ0n) is 10.4. The van der Waals surface area contributed by atoms with E-state index in [1.165, 1.54) is 6.07 Å². The fourth-order valence-electron chi connectivity index (χ4n) is 1.98. The van der Waals surface area contributed by atoms with Gasteiger partial charge in [0.1, 0.15) is 5.82 Å². The number of hydrogen-bond acceptors (Lipinski definition) is 2. The van der Waals surface area contributed by atoms with Gasteiger partial charge in [-0.15, -0.1) is 11.3 Å². The minimum atomic E-state index is -0.231. The highest BCUT2D eigenvalue weighted by atomic mass is 79.9. The number of halogens is 3. The first-order valence-electron chi connectivity index (χ1n) is 6.02. The number of nitrogens with one attached hydrogen (secondary N) is 1. The van der Waals surface area contributed by atoms with Gasteiger partial charge in [-0.1, -0.05) is 30.7 Å². The molecule has 2 aromatic rings. The van der Waals surface area contributed by atoms with Crippen LogP contribution in [0, 0.1) is 5.82 Å². The summed E-state index contributed by atoms with van der Waals surface area (Å²) in [5, 5.41) is 6.15. The molecule has 0 saturated heterocycles. The van der Waals surface area contributed by atoms with E-state index >= 15 is 0 Å². The van der Waals surface area contributed by atoms with Crippen molar-refractivity contribution in [1.29, 1.82) is 0 Å². The molecule has 0 amide bonds. The number of hydrogen-bond donors (Lipinski definition) is 1. The van der Waals surface area contributed by atoms with E-state index in [0.717, 1.165) is 22.0 Å². The van der Waals surface area contributed by atoms with E-state index in [0.29, 0.717) is 10.9 Å². The molecule has 19 heavy (non-hydrogen) atoms. The molecule has 0 radical (unpaired) electrons. The lowest BCUT2D eigenvalue weighted by molar-refractivity contribution is 0.552. The molecule has 1 N–H and O–H groups in total. The first-order valence-corrected chi connectivity index (χ1v) is 8.07. The van der Waals surface area contributed by atoms with Gasteiger partial charge in [-0.25, -0.2) is 4.39 Å². The van der Waals surface area contributed by atoms with Crippen LogP contribution in [0.5, 0.6) is 0 Å². The molecular weight excluding hydrogens is 349 g/mol. The Balaban J connectivity index is 2.27. The zero-order valence-corrected chi connectivity index (χ0v) is 13.6. The Labute approximate surface area is 129 Å². The molecule has 1 atom stereocenters. The summed E-state index contributed by atoms with van der Waals surface area (Å²) in [7, 11) is 0. The summed E-state index contributed by atoms with van der Waals surface area (Å²) >= 11 is 11.1. The molecule has 1 heterocycles. The van der Waals surface area contributed by atoms with E-state index in [2.05, 4.69) is 28.2 Å². The van der Waals surface area contributed by atoms with Crippen molar-refractivity contribution in [2.24, 2.45) is 0 Å². The third-order valence-corrected chi connectivity index (χ3v) is 5.23. The van der Waals surface area contributed by atoms with Gasteiger partial charge in [0.2, 0.25) is 0 Å². The maximum Gasteiger partial charge on any atom is 0.137 e. The molecule has 0 aliphatic heterocycles. The first kappa shape index (κ1) is 15.0. The van der Waals surface area contributed by atoms with Crippen molar-refractivity contribution in [3.63, 3.8) is 0 Å². The van der Waals surface area contributed by atoms with E-state index < -0.39 is 0 Å². The summed E-state index contributed by atoms with van der Waals surface area (Å²) in [5.74, 6) is -0.231. The Hall–Kier alpha value is -0.420. The molecule has 1 nitrogen and oxygen atoms in total. The van der Waals surface area contributed by atoms with Gasteiger partial charge in [-0.2, -0.15) is 0 Å². The number of likely N-dealkylation sites (N-methyl/N-ethyl adjacent to an activating group) is 1. The van der Waals surface area contributed by atoms with Gasteiger partial charge in [0, 0.05) is 10.9 Å². The van der Waals surface area contributed by atoms with Crippen LogP contribution >= 0.6 is 38.9 Å². The van der Waals surface area contributed by atoms with Gasteiger partial charge < -0.3 is 5.32 Å². The van der Waals surface area contributed by atoms with Crippen LogP contribution in [0.15, 0.2) is 34.1 Å². The highest BCUT2D eigenvalue weighted by Crippen LogP contribution is 2.32. The number of thiophene rings is 1. The molecule has 0 bridgehead atoms. The molecule has 1 aromatic carbocycles. The standard InChI is InChI=1S/C14H14BrClFNS/c1-2-18-12(14-10(16)6-7-19-14)8-9-4-3-5-11(17)13(9)15/h3-7,12,18H,2,8H2,1H3. The van der Waals surface area contributed by atoms with Crippen LogP contribution in [0.2, 0.25) is 5.02 Å². The van der Waals surface area contributed by atoms with E-state index in [-0.39, 0.29) is 11.9 Å². The van der Waals surface area contributed by atoms with Crippen molar-refractivity contribution < 1.29 is 4.39 Å². The smallest absolute Gasteiger partial charge is 0.137 e. The number of benzene rings is 1. The van der Waals surface area contributed by atoms with E-state index in [4.69, 9.17) is 11.6 Å². The molecule has 0 spiro atoms. The fraction of sp³-hybridized carbons (Fsp3) is 0.286. The maximum atomic E-state index is 13.5. The lowest BCUT2D eigenvalue weighted by Gasteiger charge is -2.18. The molecule has 102 valence electrons. The summed E-state index contributed by atoms with van der Waals surface area (Å²) in [6.07, 6.45) is 0.701. The monoisotopic (exact) mass is 361 g/mol. The summed E-state index contributed by atoms with van der Waals surface area (Å²) in [6.45, 7) is 2.89. The molecule has 1 unspecified atom stereocenters. The molecular formula is C14H14BrClFNS. The second-order valence-corrected chi connectivity index (χ2v) is 6.31. The average Bonchev–Trinajstić information content (AvgIpc) is 2.80. The molecule has 0 aliphatic carbocycles. The van der Waals surface area contributed by atoms with Crippen LogP contribution in [0.4, 0.5) is 4.39 Å². The summed E-state index contributed by atoms with van der Waals surface area (Å²) in [6, 6.07) is 7.11. The normalized spacial score (nSPS) is 12.6. The Kier molecular flexibility index (Phi) is 5.39. The van der Waals surface area contributed by atoms with Crippen LogP contribution < -0.4 is 5.32 Å². The summed E-state index contributed by atoms with van der Waals surface area (Å²) < 4.78 is 14.1. The average molecular weight is 363 g/mol. The Morgan fingerprint density at radius 2 is 2.21 bits per heavy atom. The lowest BCUT2D eigenvalue weighted by Crippen LogP contribution is -2.22. The minimum Gasteiger partial charge on any atom is -0.309 e. The van der Waals surface area contributed by atoms with Crippen molar-refractivity contribution in [1.82, 2.24) is 5.32 Å². The molecule has 5 heteroatoms. The lowest BCUT2D eigenvalue weighted by atomic mass is 10.0. The van der Waals surface area contributed by atoms with Crippen molar-refractivity contribution in [2.45, 2.75) is 19.4 Å². The van der Waals surface area contributed by atoms with Crippen molar-refractivity contribution >= 4 is 38.9 Å². The second kappa shape index (κ2) is 6.84. The van der Waals surface area contributed by atoms with Crippen molar-refractivity contribution in [2.75, 3.05) is 6.54 Å². The van der Waals surface area contributed by atoms with Crippen LogP contribution in [-0.2, 0) is 6.42 Å². The largest absolute Gasteiger partial charge is 0.309 e. The quantitative estimate of drug-likeness (QED) is 0.771. The third kappa shape index (κ3) is 3.57. The zero-order chi connectivity index (χ0) is 13.8. The summed E-state index contributed by atoms with van der Waals surface area (Å²) in [4.78, 5) is 1.10. The Morgan fingerprint density at radius 1 is 1.42 bits per heavy atom. The third-order valence-electron chi connectivity index (χ3n) is 2.87. The highest BCUT2D eigenvalue weighted by molar-refractivity contribution is 9.10. The summed E-state index contributed by atoms with van der Waals surface area (Å²) in [5.41, 5.74) is 0.940. The Morgan fingerprint density at radius 3 is 2.84 bits per heavy atom. The predicted octanol–water partition coefficient (Wildman–Crippen LogP) is 5.20. The van der Waals surface area contributed by atoms with E-state index in [1.807, 2.05) is 17.5 Å². The SMILES string of the molecule is CCNC(Cc1cccc(F)c1Br)c1sccc1Cl. The van der Waals surface area contributed by atoms with Gasteiger partial charge in [-0.05, 0) is 52.0 Å². The van der Waals surface area contributed by atoms with Gasteiger partial charge in [-0.3, -0.25) is 0 Å². The van der Waals surface area contributed by atoms with Crippen LogP contribution in [0.25, 0.3) is 0 Å². The molecule has 2 rings (SSSR count). The van der Waals surface area contributed by atoms with Gasteiger partial charge in [0.15, 0.2) is 0 Å². The molecule has 0 saturated carbocycles. The van der Waals surface area contributed by atoms with Crippen molar-refractivity contribution in [3.05, 3.63) is 55.4 Å². The molecule has 0 fully saturated rings. The van der Waals surface area contributed by atoms with E-state index in [9.17, 15) is 4.39 Å². The van der Waals surface area contributed by atoms with Gasteiger partial charge in [0.25, 0.3) is 0 Å². The highest BCUT2D eigenvalue weighted by Gasteiger charge is 2.18. The molecule has 0 aliphatic rings. The Bertz CT molecular complexity index is 558. The fourth-order valence-corrected chi connectivity index (χ4v) is 3.68. The maximum absolute atomic E-state index is 13.5. The first-order chi connectivity index (χ1) is 9.13. The van der Waals surface area contributed by atoms with Gasteiger partial charge in [0.05, 0.1) is 9.50 Å². The minimum absolute atomic E-state index is 0.107. The second-order valence-electron chi connectivity index (χ2n) is 4.16. The van der Waals surface area contributed by atoms with E-state index in [1.54, 1.807) is 17.4 Å².